The number of rotatable bonds is 5. The summed E-state index contributed by atoms with van der Waals surface area (Å²) in [5, 5.41) is 19.5. The van der Waals surface area contributed by atoms with Gasteiger partial charge in [0.15, 0.2) is 0 Å². The number of hydrogen-bond acceptors (Lipinski definition) is 6. The summed E-state index contributed by atoms with van der Waals surface area (Å²) < 4.78 is 0. The number of likely N-dealkylation sites (N-methyl/N-ethyl adjacent to an activating group) is 4. The van der Waals surface area contributed by atoms with Gasteiger partial charge in [-0.1, -0.05) is 0 Å². The Labute approximate surface area is 171 Å². The second-order valence-corrected chi connectivity index (χ2v) is 8.43. The molecule has 0 aromatic heterocycles. The first-order valence-corrected chi connectivity index (χ1v) is 10.4. The minimum absolute atomic E-state index is 0.0761. The van der Waals surface area contributed by atoms with E-state index in [1.54, 1.807) is 9.80 Å². The molecule has 2 N–H and O–H groups in total. The van der Waals surface area contributed by atoms with Gasteiger partial charge in [0, 0.05) is 25.8 Å². The molecule has 8 nitrogen and oxygen atoms in total. The Kier molecular flexibility index (Phi) is 12.5. The number of aliphatic carboxylic acids is 2. The molecule has 2 heterocycles. The third-order valence-electron chi connectivity index (χ3n) is 6.29. The molecule has 2 aliphatic heterocycles. The zero-order valence-electron chi connectivity index (χ0n) is 19.1. The lowest BCUT2D eigenvalue weighted by Gasteiger charge is -2.17. The molecule has 6 unspecified atom stereocenters. The van der Waals surface area contributed by atoms with Crippen LogP contribution in [0.5, 0.6) is 0 Å². The number of carbonyl (C=O) groups excluding carboxylic acids is 2. The maximum atomic E-state index is 9.77. The van der Waals surface area contributed by atoms with Crippen molar-refractivity contribution in [3.63, 3.8) is 0 Å². The summed E-state index contributed by atoms with van der Waals surface area (Å²) in [6.45, 7) is 11.7. The molecule has 0 bridgehead atoms. The Hall–Kier alpha value is -1.22. The number of nitrogens with one attached hydrogen (secondary N) is 2. The average molecular weight is 403 g/mol. The number of carboxylic acid groups (broad SMARTS) is 2. The van der Waals surface area contributed by atoms with E-state index in [4.69, 9.17) is 0 Å². The molecule has 0 spiro atoms. The number of unbranched alkanes of at least 4 members (excludes halogenated alkanes) is 1. The summed E-state index contributed by atoms with van der Waals surface area (Å²) in [6, 6.07) is 1.53. The third kappa shape index (κ3) is 9.82. The highest BCUT2D eigenvalue weighted by Crippen LogP contribution is 2.01. The van der Waals surface area contributed by atoms with Crippen LogP contribution >= 0.6 is 0 Å². The number of carbonyl (C=O) groups is 2. The molecule has 0 radical (unpaired) electrons. The first-order chi connectivity index (χ1) is 12.9. The van der Waals surface area contributed by atoms with Crippen molar-refractivity contribution >= 4 is 11.9 Å². The summed E-state index contributed by atoms with van der Waals surface area (Å²) in [5.74, 6) is -2.28. The van der Waals surface area contributed by atoms with Crippen LogP contribution in [-0.4, -0.2) is 87.4 Å². The maximum Gasteiger partial charge on any atom is 0.140 e. The SMILES string of the molecule is CC1C[NH+](C)C(C)N1C.CC1C[NH+](C)C(C)N1C.O=C([O-])CCCCC(=O)[O-]. The van der Waals surface area contributed by atoms with Gasteiger partial charge in [-0.05, 0) is 53.6 Å². The number of nitrogens with zero attached hydrogens (tertiary/aromatic N) is 2. The van der Waals surface area contributed by atoms with Crippen LogP contribution in [-0.2, 0) is 9.59 Å². The van der Waals surface area contributed by atoms with Crippen molar-refractivity contribution < 1.29 is 29.6 Å². The van der Waals surface area contributed by atoms with E-state index in [9.17, 15) is 19.8 Å². The predicted molar refractivity (Wildman–Crippen MR) is 105 cm³/mol. The Morgan fingerprint density at radius 1 is 0.786 bits per heavy atom. The van der Waals surface area contributed by atoms with E-state index in [0.717, 1.165) is 12.1 Å². The fraction of sp³-hybridized carbons (Fsp3) is 0.900. The van der Waals surface area contributed by atoms with Gasteiger partial charge in [0.1, 0.15) is 12.3 Å². The molecule has 0 aliphatic carbocycles. The molecule has 0 saturated carbocycles. The highest BCUT2D eigenvalue weighted by molar-refractivity contribution is 5.65. The summed E-state index contributed by atoms with van der Waals surface area (Å²) >= 11 is 0. The summed E-state index contributed by atoms with van der Waals surface area (Å²) in [6.07, 6.45) is 1.95. The van der Waals surface area contributed by atoms with Crippen LogP contribution in [0.3, 0.4) is 0 Å². The Morgan fingerprint density at radius 2 is 1.07 bits per heavy atom. The predicted octanol–water partition coefficient (Wildman–Crippen LogP) is -3.59. The second-order valence-electron chi connectivity index (χ2n) is 8.43. The molecule has 8 heteroatoms. The molecular formula is C20H42N4O4. The van der Waals surface area contributed by atoms with Gasteiger partial charge in [-0.3, -0.25) is 0 Å². The van der Waals surface area contributed by atoms with Gasteiger partial charge in [-0.15, -0.1) is 0 Å². The zero-order valence-corrected chi connectivity index (χ0v) is 19.1. The zero-order chi connectivity index (χ0) is 22.0. The first-order valence-electron chi connectivity index (χ1n) is 10.4. The normalized spacial score (nSPS) is 32.9. The molecule has 166 valence electrons. The van der Waals surface area contributed by atoms with Crippen molar-refractivity contribution in [1.82, 2.24) is 9.80 Å². The van der Waals surface area contributed by atoms with E-state index in [-0.39, 0.29) is 12.8 Å². The summed E-state index contributed by atoms with van der Waals surface area (Å²) in [7, 11) is 8.91. The van der Waals surface area contributed by atoms with Gasteiger partial charge >= 0.3 is 0 Å². The van der Waals surface area contributed by atoms with Crippen LogP contribution in [0.2, 0.25) is 0 Å². The van der Waals surface area contributed by atoms with Crippen LogP contribution in [0.4, 0.5) is 0 Å². The van der Waals surface area contributed by atoms with E-state index < -0.39 is 11.9 Å². The summed E-state index contributed by atoms with van der Waals surface area (Å²) in [5.41, 5.74) is 0. The summed E-state index contributed by atoms with van der Waals surface area (Å²) in [4.78, 5) is 27.7. The Balaban J connectivity index is 0.000000391. The second kappa shape index (κ2) is 13.1. The molecule has 0 aromatic rings. The lowest BCUT2D eigenvalue weighted by molar-refractivity contribution is -0.896. The average Bonchev–Trinajstić information content (AvgIpc) is 2.96. The molecule has 2 fully saturated rings. The van der Waals surface area contributed by atoms with Crippen molar-refractivity contribution in [3.8, 4) is 0 Å². The van der Waals surface area contributed by atoms with Crippen LogP contribution in [0.15, 0.2) is 0 Å². The monoisotopic (exact) mass is 402 g/mol. The van der Waals surface area contributed by atoms with Gasteiger partial charge in [0.05, 0.1) is 39.3 Å². The highest BCUT2D eigenvalue weighted by atomic mass is 16.4. The van der Waals surface area contributed by atoms with Crippen LogP contribution in [0.25, 0.3) is 0 Å². The van der Waals surface area contributed by atoms with Crippen molar-refractivity contribution in [2.45, 2.75) is 77.8 Å². The minimum atomic E-state index is -1.14. The van der Waals surface area contributed by atoms with E-state index >= 15 is 0 Å². The highest BCUT2D eigenvalue weighted by Gasteiger charge is 2.32. The number of hydrogen-bond donors (Lipinski definition) is 2. The molecule has 2 aliphatic rings. The third-order valence-corrected chi connectivity index (χ3v) is 6.29. The van der Waals surface area contributed by atoms with E-state index in [1.807, 2.05) is 0 Å². The molecule has 2 saturated heterocycles. The van der Waals surface area contributed by atoms with Crippen molar-refractivity contribution in [1.29, 1.82) is 0 Å². The van der Waals surface area contributed by atoms with Crippen LogP contribution in [0.1, 0.15) is 53.4 Å². The van der Waals surface area contributed by atoms with Crippen molar-refractivity contribution in [2.24, 2.45) is 0 Å². The fourth-order valence-corrected chi connectivity index (χ4v) is 3.56. The topological polar surface area (TPSA) is 95.6 Å². The Morgan fingerprint density at radius 3 is 1.18 bits per heavy atom. The van der Waals surface area contributed by atoms with E-state index in [0.29, 0.717) is 25.2 Å². The molecular weight excluding hydrogens is 360 g/mol. The number of quaternary nitrogens is 2. The molecule has 0 amide bonds. The van der Waals surface area contributed by atoms with Crippen LogP contribution < -0.4 is 20.0 Å². The van der Waals surface area contributed by atoms with E-state index in [2.05, 4.69) is 65.7 Å². The number of carboxylic acids is 2. The molecule has 6 atom stereocenters. The quantitative estimate of drug-likeness (QED) is 0.462. The van der Waals surface area contributed by atoms with Crippen molar-refractivity contribution in [3.05, 3.63) is 0 Å². The maximum absolute atomic E-state index is 9.77. The molecule has 0 aromatic carbocycles. The van der Waals surface area contributed by atoms with E-state index in [1.165, 1.54) is 13.1 Å². The van der Waals surface area contributed by atoms with Gasteiger partial charge in [-0.25, -0.2) is 9.80 Å². The lowest BCUT2D eigenvalue weighted by Crippen LogP contribution is -3.11. The van der Waals surface area contributed by atoms with Gasteiger partial charge in [0.25, 0.3) is 0 Å². The smallest absolute Gasteiger partial charge is 0.140 e. The lowest BCUT2D eigenvalue weighted by atomic mass is 10.2. The van der Waals surface area contributed by atoms with Gasteiger partial charge in [0.2, 0.25) is 0 Å². The standard InChI is InChI=1S/2C7H16N2.C6H10O4/c2*1-6-5-8(3)7(2)9(6)4;7-5(8)3-1-2-4-6(9)10/h2*6-7H,5H2,1-4H3;1-4H2,(H,7,8)(H,9,10). The van der Waals surface area contributed by atoms with Crippen molar-refractivity contribution in [2.75, 3.05) is 41.3 Å². The van der Waals surface area contributed by atoms with Gasteiger partial charge in [-0.2, -0.15) is 0 Å². The van der Waals surface area contributed by atoms with Crippen LogP contribution in [0, 0.1) is 0 Å². The van der Waals surface area contributed by atoms with Gasteiger partial charge < -0.3 is 29.6 Å². The minimum Gasteiger partial charge on any atom is -0.550 e. The Bertz CT molecular complexity index is 411. The first kappa shape index (κ1) is 26.8. The fourth-order valence-electron chi connectivity index (χ4n) is 3.56. The largest absolute Gasteiger partial charge is 0.550 e. The molecule has 2 rings (SSSR count). The molecule has 28 heavy (non-hydrogen) atoms.